The molecule has 3 fully saturated rings. The SMILES string of the molecule is C[C@H]1[C@H](Nc2cnn(Cc3ccncc3)c(=O)c2Br)C[C@H]2C[C@@H]1C2(C)C. The van der Waals surface area contributed by atoms with Crippen LogP contribution in [0.4, 0.5) is 5.69 Å². The van der Waals surface area contributed by atoms with Crippen molar-refractivity contribution in [2.75, 3.05) is 5.32 Å². The number of nitrogens with one attached hydrogen (secondary N) is 1. The van der Waals surface area contributed by atoms with Crippen LogP contribution in [0.2, 0.25) is 0 Å². The molecule has 3 saturated carbocycles. The maximum absolute atomic E-state index is 12.7. The minimum absolute atomic E-state index is 0.110. The van der Waals surface area contributed by atoms with Gasteiger partial charge in [-0.25, -0.2) is 4.68 Å². The van der Waals surface area contributed by atoms with E-state index >= 15 is 0 Å². The first-order chi connectivity index (χ1) is 12.4. The van der Waals surface area contributed by atoms with Gasteiger partial charge in [-0.1, -0.05) is 20.8 Å². The summed E-state index contributed by atoms with van der Waals surface area (Å²) in [7, 11) is 0. The molecule has 3 aliphatic carbocycles. The summed E-state index contributed by atoms with van der Waals surface area (Å²) < 4.78 is 2.04. The first-order valence-electron chi connectivity index (χ1n) is 9.29. The molecule has 2 heterocycles. The highest BCUT2D eigenvalue weighted by atomic mass is 79.9. The summed E-state index contributed by atoms with van der Waals surface area (Å²) >= 11 is 3.49. The van der Waals surface area contributed by atoms with Gasteiger partial charge in [0.05, 0.1) is 18.4 Å². The second kappa shape index (κ2) is 6.48. The summed E-state index contributed by atoms with van der Waals surface area (Å²) in [5.41, 5.74) is 2.16. The summed E-state index contributed by atoms with van der Waals surface area (Å²) in [6.07, 6.45) is 7.73. The number of nitrogens with zero attached hydrogens (tertiary/aromatic N) is 3. The van der Waals surface area contributed by atoms with E-state index in [9.17, 15) is 4.79 Å². The Labute approximate surface area is 162 Å². The van der Waals surface area contributed by atoms with E-state index in [-0.39, 0.29) is 5.56 Å². The Morgan fingerprint density at radius 3 is 2.69 bits per heavy atom. The number of fused-ring (bicyclic) bond motifs is 2. The minimum atomic E-state index is -0.110. The summed E-state index contributed by atoms with van der Waals surface area (Å²) in [6, 6.07) is 4.19. The summed E-state index contributed by atoms with van der Waals surface area (Å²) in [6.45, 7) is 7.58. The lowest BCUT2D eigenvalue weighted by Crippen LogP contribution is -2.58. The number of hydrogen-bond donors (Lipinski definition) is 1. The molecule has 0 aromatic carbocycles. The van der Waals surface area contributed by atoms with Gasteiger partial charge in [0.1, 0.15) is 4.47 Å². The Hall–Kier alpha value is -1.69. The molecule has 2 aromatic heterocycles. The molecule has 0 saturated heterocycles. The molecule has 26 heavy (non-hydrogen) atoms. The maximum atomic E-state index is 12.7. The van der Waals surface area contributed by atoms with E-state index in [1.807, 2.05) is 12.1 Å². The molecule has 0 amide bonds. The molecule has 5 nitrogen and oxygen atoms in total. The topological polar surface area (TPSA) is 59.8 Å². The van der Waals surface area contributed by atoms with E-state index in [1.54, 1.807) is 18.6 Å². The molecule has 5 rings (SSSR count). The van der Waals surface area contributed by atoms with E-state index in [2.05, 4.69) is 52.1 Å². The van der Waals surface area contributed by atoms with Crippen molar-refractivity contribution in [3.8, 4) is 0 Å². The van der Waals surface area contributed by atoms with Crippen molar-refractivity contribution in [3.05, 3.63) is 51.1 Å². The Morgan fingerprint density at radius 1 is 1.31 bits per heavy atom. The summed E-state index contributed by atoms with van der Waals surface area (Å²) in [5, 5.41) is 7.97. The predicted octanol–water partition coefficient (Wildman–Crippen LogP) is 3.93. The molecule has 0 spiro atoms. The Bertz CT molecular complexity index is 864. The molecular weight excluding hydrogens is 392 g/mol. The van der Waals surface area contributed by atoms with Crippen LogP contribution >= 0.6 is 15.9 Å². The number of anilines is 1. The van der Waals surface area contributed by atoms with Gasteiger partial charge >= 0.3 is 0 Å². The number of hydrogen-bond acceptors (Lipinski definition) is 4. The molecular formula is C20H25BrN4O. The highest BCUT2D eigenvalue weighted by Gasteiger charge is 2.56. The Kier molecular flexibility index (Phi) is 4.41. The monoisotopic (exact) mass is 416 g/mol. The number of pyridine rings is 1. The van der Waals surface area contributed by atoms with E-state index in [0.717, 1.165) is 29.5 Å². The number of aromatic nitrogens is 3. The third-order valence-electron chi connectivity index (χ3n) is 6.76. The van der Waals surface area contributed by atoms with Gasteiger partial charge in [0.2, 0.25) is 0 Å². The van der Waals surface area contributed by atoms with Crippen LogP contribution in [-0.4, -0.2) is 20.8 Å². The zero-order valence-electron chi connectivity index (χ0n) is 15.4. The van der Waals surface area contributed by atoms with Crippen LogP contribution in [-0.2, 0) is 6.54 Å². The van der Waals surface area contributed by atoms with Crippen molar-refractivity contribution in [2.45, 2.75) is 46.2 Å². The van der Waals surface area contributed by atoms with Crippen LogP contribution in [0.15, 0.2) is 40.0 Å². The van der Waals surface area contributed by atoms with Crippen LogP contribution in [0.3, 0.4) is 0 Å². The zero-order chi connectivity index (χ0) is 18.5. The molecule has 4 atom stereocenters. The predicted molar refractivity (Wildman–Crippen MR) is 106 cm³/mol. The van der Waals surface area contributed by atoms with Gasteiger partial charge in [-0.3, -0.25) is 9.78 Å². The molecule has 6 heteroatoms. The third-order valence-corrected chi connectivity index (χ3v) is 7.53. The van der Waals surface area contributed by atoms with Crippen LogP contribution in [0, 0.1) is 23.2 Å². The van der Waals surface area contributed by atoms with Gasteiger partial charge in [-0.05, 0) is 69.6 Å². The Morgan fingerprint density at radius 2 is 2.04 bits per heavy atom. The van der Waals surface area contributed by atoms with Gasteiger partial charge in [0.15, 0.2) is 0 Å². The zero-order valence-corrected chi connectivity index (χ0v) is 17.0. The average molecular weight is 417 g/mol. The molecule has 3 aliphatic rings. The average Bonchev–Trinajstić information content (AvgIpc) is 2.63. The first-order valence-corrected chi connectivity index (χ1v) is 10.1. The molecule has 138 valence electrons. The van der Waals surface area contributed by atoms with Crippen LogP contribution in [0.5, 0.6) is 0 Å². The molecule has 2 bridgehead atoms. The molecule has 0 aliphatic heterocycles. The largest absolute Gasteiger partial charge is 0.380 e. The van der Waals surface area contributed by atoms with E-state index in [1.165, 1.54) is 11.1 Å². The molecule has 0 unspecified atom stereocenters. The molecule has 2 aromatic rings. The fourth-order valence-corrected chi connectivity index (χ4v) is 5.30. The fourth-order valence-electron chi connectivity index (χ4n) is 4.88. The number of rotatable bonds is 4. The van der Waals surface area contributed by atoms with Crippen LogP contribution < -0.4 is 10.9 Å². The molecule has 0 radical (unpaired) electrons. The van der Waals surface area contributed by atoms with Crippen LogP contribution in [0.25, 0.3) is 0 Å². The summed E-state index contributed by atoms with van der Waals surface area (Å²) in [4.78, 5) is 16.7. The second-order valence-electron chi connectivity index (χ2n) is 8.40. The van der Waals surface area contributed by atoms with Crippen molar-refractivity contribution in [1.29, 1.82) is 0 Å². The van der Waals surface area contributed by atoms with Crippen LogP contribution in [0.1, 0.15) is 39.2 Å². The quantitative estimate of drug-likeness (QED) is 0.819. The van der Waals surface area contributed by atoms with E-state index < -0.39 is 0 Å². The first kappa shape index (κ1) is 17.7. The standard InChI is InChI=1S/C20H25BrN4O/c1-12-15-8-14(20(15,2)3)9-16(12)24-17-10-23-25(19(26)18(17)21)11-13-4-6-22-7-5-13/h4-7,10,12,14-16,24H,8-9,11H2,1-3H3/t12-,14-,15+,16-/m1/s1. The van der Waals surface area contributed by atoms with Gasteiger partial charge in [0, 0.05) is 18.4 Å². The maximum Gasteiger partial charge on any atom is 0.283 e. The second-order valence-corrected chi connectivity index (χ2v) is 9.19. The van der Waals surface area contributed by atoms with Gasteiger partial charge in [-0.2, -0.15) is 5.10 Å². The van der Waals surface area contributed by atoms with Gasteiger partial charge in [0.25, 0.3) is 5.56 Å². The van der Waals surface area contributed by atoms with Gasteiger partial charge in [-0.15, -0.1) is 0 Å². The highest BCUT2D eigenvalue weighted by molar-refractivity contribution is 9.10. The fraction of sp³-hybridized carbons (Fsp3) is 0.550. The smallest absolute Gasteiger partial charge is 0.283 e. The lowest BCUT2D eigenvalue weighted by Gasteiger charge is -2.62. The van der Waals surface area contributed by atoms with Crippen molar-refractivity contribution in [3.63, 3.8) is 0 Å². The summed E-state index contributed by atoms with van der Waals surface area (Å²) in [5.74, 6) is 2.14. The van der Waals surface area contributed by atoms with Crippen molar-refractivity contribution in [1.82, 2.24) is 14.8 Å². The van der Waals surface area contributed by atoms with Crippen molar-refractivity contribution >= 4 is 21.6 Å². The molecule has 1 N–H and O–H groups in total. The number of halogens is 1. The Balaban J connectivity index is 1.52. The van der Waals surface area contributed by atoms with E-state index in [4.69, 9.17) is 0 Å². The van der Waals surface area contributed by atoms with E-state index in [0.29, 0.717) is 28.4 Å². The lowest BCUT2D eigenvalue weighted by atomic mass is 9.45. The highest BCUT2D eigenvalue weighted by Crippen LogP contribution is 2.61. The van der Waals surface area contributed by atoms with Crippen molar-refractivity contribution < 1.29 is 0 Å². The lowest BCUT2D eigenvalue weighted by molar-refractivity contribution is -0.105. The normalized spacial score (nSPS) is 29.1. The minimum Gasteiger partial charge on any atom is -0.380 e. The van der Waals surface area contributed by atoms with Gasteiger partial charge < -0.3 is 5.32 Å². The van der Waals surface area contributed by atoms with Crippen molar-refractivity contribution in [2.24, 2.45) is 23.2 Å². The third kappa shape index (κ3) is 2.88.